The predicted molar refractivity (Wildman–Crippen MR) is 169 cm³/mol. The monoisotopic (exact) mass is 666 g/mol. The number of ether oxygens (including phenoxy) is 2. The summed E-state index contributed by atoms with van der Waals surface area (Å²) in [5.41, 5.74) is -3.27. The third-order valence-electron chi connectivity index (χ3n) is 15.6. The number of aliphatic hydroxyl groups excluding tert-OH is 7. The first-order valence-electron chi connectivity index (χ1n) is 17.7. The molecule has 0 amide bonds. The van der Waals surface area contributed by atoms with Crippen molar-refractivity contribution in [2.45, 2.75) is 141 Å². The van der Waals surface area contributed by atoms with Gasteiger partial charge >= 0.3 is 5.97 Å². The van der Waals surface area contributed by atoms with E-state index in [4.69, 9.17) is 9.47 Å². The molecule has 1 saturated heterocycles. The Morgan fingerprint density at radius 2 is 1.60 bits per heavy atom. The van der Waals surface area contributed by atoms with Crippen molar-refractivity contribution < 1.29 is 55.1 Å². The van der Waals surface area contributed by atoms with Crippen molar-refractivity contribution in [3.63, 3.8) is 0 Å². The highest BCUT2D eigenvalue weighted by Gasteiger charge is 2.72. The van der Waals surface area contributed by atoms with E-state index in [-0.39, 0.29) is 35.2 Å². The molecule has 1 heterocycles. The Balaban J connectivity index is 1.40. The first kappa shape index (κ1) is 35.7. The van der Waals surface area contributed by atoms with Crippen LogP contribution in [0.2, 0.25) is 0 Å². The lowest BCUT2D eigenvalue weighted by molar-refractivity contribution is -0.299. The van der Waals surface area contributed by atoms with E-state index in [2.05, 4.69) is 26.8 Å². The van der Waals surface area contributed by atoms with Gasteiger partial charge in [0.25, 0.3) is 0 Å². The van der Waals surface area contributed by atoms with E-state index in [1.54, 1.807) is 0 Å². The quantitative estimate of drug-likeness (QED) is 0.160. The Morgan fingerprint density at radius 3 is 2.23 bits per heavy atom. The lowest BCUT2D eigenvalue weighted by atomic mass is 9.33. The lowest BCUT2D eigenvalue weighted by Crippen LogP contribution is -2.69. The van der Waals surface area contributed by atoms with Crippen LogP contribution < -0.4 is 0 Å². The molecular formula is C36H58O11. The third kappa shape index (κ3) is 4.60. The number of allylic oxidation sites excluding steroid dienone is 1. The average Bonchev–Trinajstić information content (AvgIpc) is 3.02. The van der Waals surface area contributed by atoms with Crippen LogP contribution in [0.5, 0.6) is 0 Å². The number of rotatable bonds is 4. The maximum Gasteiger partial charge on any atom is 0.315 e. The molecule has 4 saturated carbocycles. The summed E-state index contributed by atoms with van der Waals surface area (Å²) in [5.74, 6) is -1.23. The van der Waals surface area contributed by atoms with E-state index in [1.165, 1.54) is 0 Å². The summed E-state index contributed by atoms with van der Waals surface area (Å²) >= 11 is 0. The van der Waals surface area contributed by atoms with Crippen molar-refractivity contribution in [2.75, 3.05) is 13.2 Å². The van der Waals surface area contributed by atoms with Crippen LogP contribution in [0.1, 0.15) is 92.9 Å². The fourth-order valence-electron chi connectivity index (χ4n) is 12.4. The Bertz CT molecular complexity index is 1270. The van der Waals surface area contributed by atoms with E-state index < -0.39 is 83.3 Å². The number of esters is 1. The Labute approximate surface area is 278 Å². The number of carbonyl (C=O) groups is 1. The zero-order valence-electron chi connectivity index (χ0n) is 28.8. The SMILES string of the molecule is C[C@@H]1CC[C@]2(C(=O)O[C@@H]3O[C@H](CO)[C@@H](O)[C@H](O)[C@H]3O)CC[C@]3(C)C(=CC[C@@H]4[C@]5(C)C[C@@H](O)[C@H](O)[C@](C)(CO)[C@@H]5CC[C@]43C)[C@@H]2[C@]1(C)O. The van der Waals surface area contributed by atoms with Gasteiger partial charge in [-0.15, -0.1) is 0 Å². The summed E-state index contributed by atoms with van der Waals surface area (Å²) in [5, 5.41) is 86.2. The van der Waals surface area contributed by atoms with Gasteiger partial charge in [0.1, 0.15) is 24.4 Å². The van der Waals surface area contributed by atoms with Crippen molar-refractivity contribution in [1.29, 1.82) is 0 Å². The maximum absolute atomic E-state index is 14.5. The molecule has 47 heavy (non-hydrogen) atoms. The molecule has 11 nitrogen and oxygen atoms in total. The van der Waals surface area contributed by atoms with Crippen molar-refractivity contribution >= 4 is 5.97 Å². The van der Waals surface area contributed by atoms with Crippen molar-refractivity contribution in [1.82, 2.24) is 0 Å². The van der Waals surface area contributed by atoms with Crippen molar-refractivity contribution in [3.8, 4) is 0 Å². The molecule has 0 unspecified atom stereocenters. The second-order valence-electron chi connectivity index (χ2n) is 17.5. The van der Waals surface area contributed by atoms with Gasteiger partial charge in [-0.2, -0.15) is 0 Å². The van der Waals surface area contributed by atoms with Gasteiger partial charge in [0.15, 0.2) is 0 Å². The summed E-state index contributed by atoms with van der Waals surface area (Å²) < 4.78 is 11.4. The third-order valence-corrected chi connectivity index (χ3v) is 15.6. The molecule has 0 radical (unpaired) electrons. The number of hydrogen-bond acceptors (Lipinski definition) is 11. The molecule has 0 spiro atoms. The van der Waals surface area contributed by atoms with E-state index in [1.807, 2.05) is 20.8 Å². The highest BCUT2D eigenvalue weighted by molar-refractivity contribution is 5.79. The number of aliphatic hydroxyl groups is 8. The summed E-state index contributed by atoms with van der Waals surface area (Å²) in [6.07, 6.45) is -2.75. The summed E-state index contributed by atoms with van der Waals surface area (Å²) in [7, 11) is 0. The van der Waals surface area contributed by atoms with E-state index in [0.29, 0.717) is 38.5 Å². The van der Waals surface area contributed by atoms with Crippen LogP contribution >= 0.6 is 0 Å². The summed E-state index contributed by atoms with van der Waals surface area (Å²) in [6, 6.07) is 0. The van der Waals surface area contributed by atoms with Crippen LogP contribution in [0, 0.1) is 50.7 Å². The zero-order chi connectivity index (χ0) is 34.7. The Hall–Kier alpha value is -1.15. The maximum atomic E-state index is 14.5. The first-order valence-corrected chi connectivity index (χ1v) is 17.7. The second-order valence-corrected chi connectivity index (χ2v) is 17.5. The molecule has 0 aromatic rings. The highest BCUT2D eigenvalue weighted by atomic mass is 16.7. The molecule has 8 N–H and O–H groups in total. The Kier molecular flexibility index (Phi) is 8.68. The smallest absolute Gasteiger partial charge is 0.315 e. The van der Waals surface area contributed by atoms with Crippen LogP contribution in [-0.2, 0) is 14.3 Å². The van der Waals surface area contributed by atoms with Crippen LogP contribution in [0.3, 0.4) is 0 Å². The molecule has 0 aromatic heterocycles. The molecule has 1 aliphatic heterocycles. The largest absolute Gasteiger partial charge is 0.432 e. The van der Waals surface area contributed by atoms with Gasteiger partial charge in [0.05, 0.1) is 36.4 Å². The second kappa shape index (κ2) is 11.4. The average molecular weight is 667 g/mol. The van der Waals surface area contributed by atoms with Crippen molar-refractivity contribution in [3.05, 3.63) is 11.6 Å². The molecule has 0 bridgehead atoms. The minimum absolute atomic E-state index is 0.00373. The lowest BCUT2D eigenvalue weighted by Gasteiger charge is -2.72. The fraction of sp³-hybridized carbons (Fsp3) is 0.917. The molecule has 0 aromatic carbocycles. The standard InChI is InChI=1S/C36H58O11/c1-18-9-12-36(30(44)47-29-26(42)25(41)24(40)21(16-37)46-29)14-13-33(4)19(27(36)35(18,6)45)7-8-23-31(2)15-20(39)28(43)32(3,17-38)22(31)10-11-34(23,33)5/h7,18,20-29,37-43,45H,8-17H2,1-6H3/t18-,20-,21-,22-,23-,24-,25+,26-,27-,28+,29+,31-,32-,33-,34-,35-,36+/m1/s1. The zero-order valence-corrected chi connectivity index (χ0v) is 28.8. The molecule has 6 rings (SSSR count). The van der Waals surface area contributed by atoms with Gasteiger partial charge in [-0.05, 0) is 92.3 Å². The Morgan fingerprint density at radius 1 is 0.915 bits per heavy atom. The molecule has 268 valence electrons. The first-order chi connectivity index (χ1) is 21.8. The van der Waals surface area contributed by atoms with E-state index in [9.17, 15) is 45.6 Å². The fourth-order valence-corrected chi connectivity index (χ4v) is 12.4. The van der Waals surface area contributed by atoms with Gasteiger partial charge in [0.2, 0.25) is 6.29 Å². The number of fused-ring (bicyclic) bond motifs is 7. The molecule has 5 aliphatic carbocycles. The van der Waals surface area contributed by atoms with Crippen LogP contribution in [0.4, 0.5) is 0 Å². The molecule has 17 atom stereocenters. The van der Waals surface area contributed by atoms with Crippen LogP contribution in [-0.4, -0.2) is 109 Å². The number of hydrogen-bond donors (Lipinski definition) is 8. The molecule has 5 fully saturated rings. The summed E-state index contributed by atoms with van der Waals surface area (Å²) in [4.78, 5) is 14.5. The number of carbonyl (C=O) groups excluding carboxylic acids is 1. The topological polar surface area (TPSA) is 197 Å². The van der Waals surface area contributed by atoms with Crippen LogP contribution in [0.25, 0.3) is 0 Å². The molecular weight excluding hydrogens is 608 g/mol. The van der Waals surface area contributed by atoms with Gasteiger partial charge in [0, 0.05) is 11.3 Å². The van der Waals surface area contributed by atoms with Gasteiger partial charge in [-0.25, -0.2) is 0 Å². The van der Waals surface area contributed by atoms with Crippen LogP contribution in [0.15, 0.2) is 11.6 Å². The molecule has 11 heteroatoms. The minimum Gasteiger partial charge on any atom is -0.432 e. The minimum atomic E-state index is -1.72. The van der Waals surface area contributed by atoms with Crippen molar-refractivity contribution in [2.24, 2.45) is 50.7 Å². The predicted octanol–water partition coefficient (Wildman–Crippen LogP) is 1.41. The molecule has 6 aliphatic rings. The normalized spacial score (nSPS) is 57.5. The van der Waals surface area contributed by atoms with Gasteiger partial charge in [-0.3, -0.25) is 4.79 Å². The highest BCUT2D eigenvalue weighted by Crippen LogP contribution is 2.76. The van der Waals surface area contributed by atoms with Gasteiger partial charge in [-0.1, -0.05) is 46.3 Å². The van der Waals surface area contributed by atoms with E-state index in [0.717, 1.165) is 18.4 Å². The van der Waals surface area contributed by atoms with E-state index >= 15 is 0 Å². The van der Waals surface area contributed by atoms with Gasteiger partial charge < -0.3 is 50.3 Å². The summed E-state index contributed by atoms with van der Waals surface area (Å²) in [6.45, 7) is 11.6.